The molecule has 0 fully saturated rings. The molecular formula is C34H30ClN5O3S. The molecule has 0 amide bonds. The summed E-state index contributed by atoms with van der Waals surface area (Å²) in [5.41, 5.74) is 1.05. The highest BCUT2D eigenvalue weighted by molar-refractivity contribution is 7.16. The number of pyridine rings is 2. The van der Waals surface area contributed by atoms with Gasteiger partial charge in [-0.3, -0.25) is 19.4 Å². The number of aromatic nitrogens is 4. The fourth-order valence-corrected chi connectivity index (χ4v) is 5.58. The first-order chi connectivity index (χ1) is 21.0. The van der Waals surface area contributed by atoms with Gasteiger partial charge < -0.3 is 9.47 Å². The number of halogens is 1. The summed E-state index contributed by atoms with van der Waals surface area (Å²) in [6.45, 7) is 5.71. The third-order valence-corrected chi connectivity index (χ3v) is 7.94. The smallest absolute Gasteiger partial charge is 0.260 e. The largest absolute Gasteiger partial charge is 0.354 e. The van der Waals surface area contributed by atoms with Crippen molar-refractivity contribution < 1.29 is 9.59 Å². The van der Waals surface area contributed by atoms with Gasteiger partial charge in [-0.05, 0) is 42.5 Å². The Morgan fingerprint density at radius 2 is 1.75 bits per heavy atom. The summed E-state index contributed by atoms with van der Waals surface area (Å²) in [4.78, 5) is 47.5. The minimum atomic E-state index is -0.746. The quantitative estimate of drug-likeness (QED) is 0.153. The lowest BCUT2D eigenvalue weighted by Gasteiger charge is -2.22. The number of benzene rings is 1. The topological polar surface area (TPSA) is 90.1 Å². The van der Waals surface area contributed by atoms with Crippen LogP contribution in [0.5, 0.6) is 0 Å². The van der Waals surface area contributed by atoms with Gasteiger partial charge in [0.25, 0.3) is 11.5 Å². The second kappa shape index (κ2) is 12.8. The van der Waals surface area contributed by atoms with Crippen molar-refractivity contribution in [2.75, 3.05) is 11.9 Å². The van der Waals surface area contributed by atoms with Crippen LogP contribution in [-0.4, -0.2) is 38.1 Å². The molecule has 0 aliphatic carbocycles. The van der Waals surface area contributed by atoms with E-state index in [-0.39, 0.29) is 23.8 Å². The maximum atomic E-state index is 13.9. The first kappa shape index (κ1) is 30.7. The highest BCUT2D eigenvalue weighted by Crippen LogP contribution is 2.29. The Balaban J connectivity index is 1.63. The molecule has 0 unspecified atom stereocenters. The van der Waals surface area contributed by atoms with Crippen LogP contribution in [0.25, 0.3) is 11.3 Å². The maximum absolute atomic E-state index is 13.9. The molecule has 0 aliphatic heterocycles. The molecule has 8 nitrogen and oxygen atoms in total. The Labute approximate surface area is 264 Å². The van der Waals surface area contributed by atoms with E-state index < -0.39 is 11.0 Å². The molecule has 4 heterocycles. The summed E-state index contributed by atoms with van der Waals surface area (Å²) < 4.78 is 3.35. The Morgan fingerprint density at radius 1 is 1.00 bits per heavy atom. The lowest BCUT2D eigenvalue weighted by atomic mass is 9.96. The van der Waals surface area contributed by atoms with Crippen molar-refractivity contribution in [3.05, 3.63) is 122 Å². The van der Waals surface area contributed by atoms with Crippen molar-refractivity contribution in [1.82, 2.24) is 19.3 Å². The van der Waals surface area contributed by atoms with Gasteiger partial charge in [0, 0.05) is 58.7 Å². The molecule has 4 aromatic heterocycles. The summed E-state index contributed by atoms with van der Waals surface area (Å²) in [5, 5.41) is 4.66. The van der Waals surface area contributed by atoms with E-state index in [0.717, 1.165) is 10.4 Å². The summed E-state index contributed by atoms with van der Waals surface area (Å²) in [6, 6.07) is 19.9. The number of thiophene rings is 1. The lowest BCUT2D eigenvalue weighted by Crippen LogP contribution is -2.31. The first-order valence-corrected chi connectivity index (χ1v) is 15.0. The number of carbonyl (C=O) groups excluding carboxylic acids is 2. The summed E-state index contributed by atoms with van der Waals surface area (Å²) in [7, 11) is 1.85. The fourth-order valence-electron chi connectivity index (χ4n) is 4.44. The van der Waals surface area contributed by atoms with Crippen molar-refractivity contribution in [2.24, 2.45) is 5.41 Å². The molecule has 10 heteroatoms. The zero-order valence-corrected chi connectivity index (χ0v) is 26.3. The second-order valence-electron chi connectivity index (χ2n) is 11.3. The highest BCUT2D eigenvalue weighted by atomic mass is 35.5. The van der Waals surface area contributed by atoms with Crippen LogP contribution < -0.4 is 10.5 Å². The zero-order chi connectivity index (χ0) is 31.4. The Hall–Kier alpha value is -4.78. The van der Waals surface area contributed by atoms with Gasteiger partial charge >= 0.3 is 0 Å². The van der Waals surface area contributed by atoms with Crippen LogP contribution in [0.4, 0.5) is 5.82 Å². The van der Waals surface area contributed by atoms with E-state index in [0.29, 0.717) is 33.5 Å². The van der Waals surface area contributed by atoms with E-state index in [4.69, 9.17) is 11.6 Å². The minimum absolute atomic E-state index is 0.216. The average molecular weight is 624 g/mol. The van der Waals surface area contributed by atoms with Crippen molar-refractivity contribution in [1.29, 1.82) is 0 Å². The van der Waals surface area contributed by atoms with E-state index in [1.165, 1.54) is 26.8 Å². The third kappa shape index (κ3) is 7.05. The van der Waals surface area contributed by atoms with Crippen molar-refractivity contribution >= 4 is 40.4 Å². The molecule has 0 bridgehead atoms. The Kier molecular flexibility index (Phi) is 8.95. The van der Waals surface area contributed by atoms with Crippen molar-refractivity contribution in [3.63, 3.8) is 0 Å². The van der Waals surface area contributed by atoms with Gasteiger partial charge in [-0.2, -0.15) is 9.78 Å². The van der Waals surface area contributed by atoms with Crippen LogP contribution in [0.2, 0.25) is 4.34 Å². The number of hydrogen-bond acceptors (Lipinski definition) is 7. The maximum Gasteiger partial charge on any atom is 0.260 e. The minimum Gasteiger partial charge on any atom is -0.354 e. The summed E-state index contributed by atoms with van der Waals surface area (Å²) in [6.07, 6.45) is 4.62. The van der Waals surface area contributed by atoms with Crippen LogP contribution in [0.15, 0.2) is 90.1 Å². The van der Waals surface area contributed by atoms with Gasteiger partial charge in [-0.25, -0.2) is 0 Å². The number of anilines is 1. The molecule has 5 rings (SSSR count). The van der Waals surface area contributed by atoms with Crippen LogP contribution >= 0.6 is 22.9 Å². The molecule has 0 saturated carbocycles. The number of carbonyl (C=O) groups is 2. The van der Waals surface area contributed by atoms with Crippen molar-refractivity contribution in [3.8, 4) is 23.1 Å². The van der Waals surface area contributed by atoms with Gasteiger partial charge in [-0.15, -0.1) is 11.3 Å². The average Bonchev–Trinajstić information content (AvgIpc) is 3.63. The van der Waals surface area contributed by atoms with Gasteiger partial charge in [0.1, 0.15) is 11.5 Å². The molecular weight excluding hydrogens is 594 g/mol. The van der Waals surface area contributed by atoms with Gasteiger partial charge in [0.2, 0.25) is 0 Å². The molecule has 0 N–H and O–H groups in total. The van der Waals surface area contributed by atoms with Gasteiger partial charge in [0.15, 0.2) is 5.78 Å². The third-order valence-electron chi connectivity index (χ3n) is 6.72. The molecule has 1 aromatic carbocycles. The molecule has 0 saturated heterocycles. The molecule has 0 spiro atoms. The first-order valence-electron chi connectivity index (χ1n) is 13.8. The zero-order valence-electron chi connectivity index (χ0n) is 24.7. The normalized spacial score (nSPS) is 11.1. The Bertz CT molecular complexity index is 1940. The fraction of sp³-hybridized carbons (Fsp3) is 0.206. The van der Waals surface area contributed by atoms with Crippen LogP contribution in [-0.2, 0) is 13.1 Å². The van der Waals surface area contributed by atoms with E-state index >= 15 is 0 Å². The van der Waals surface area contributed by atoms with Gasteiger partial charge in [0.05, 0.1) is 23.0 Å². The SMILES string of the molecule is CN(Cc1ccc(Cl)s1)c1cc(-c2cc(C#Cc3ccccc3)cn(CC(=O)c3cccnc3)c2=O)nn1C(=O)C(C)(C)C. The van der Waals surface area contributed by atoms with E-state index in [2.05, 4.69) is 21.9 Å². The number of rotatable bonds is 7. The number of Topliss-reactive ketones (excluding diaryl/α,β-unsaturated/α-hetero) is 1. The van der Waals surface area contributed by atoms with E-state index in [9.17, 15) is 14.4 Å². The monoisotopic (exact) mass is 623 g/mol. The van der Waals surface area contributed by atoms with Gasteiger partial charge in [-0.1, -0.05) is 62.4 Å². The Morgan fingerprint density at radius 3 is 2.41 bits per heavy atom. The predicted molar refractivity (Wildman–Crippen MR) is 174 cm³/mol. The number of hydrogen-bond donors (Lipinski definition) is 0. The van der Waals surface area contributed by atoms with Crippen LogP contribution in [0.3, 0.4) is 0 Å². The molecule has 0 radical (unpaired) electrons. The number of nitrogens with zero attached hydrogens (tertiary/aromatic N) is 5. The van der Waals surface area contributed by atoms with E-state index in [1.54, 1.807) is 36.7 Å². The molecule has 5 aromatic rings. The van der Waals surface area contributed by atoms with Crippen LogP contribution in [0, 0.1) is 17.3 Å². The predicted octanol–water partition coefficient (Wildman–Crippen LogP) is 6.43. The molecule has 0 aliphatic rings. The molecule has 44 heavy (non-hydrogen) atoms. The standard InChI is InChI=1S/C34H30ClN5O3S/c1-34(2,3)33(43)40-31(38(4)21-26-14-15-30(35)44-26)18-28(37-40)27-17-24(13-12-23-9-6-5-7-10-23)20-39(32(27)42)22-29(41)25-11-8-16-36-19-25/h5-11,14-20H,21-22H2,1-4H3. The van der Waals surface area contributed by atoms with Crippen molar-refractivity contribution in [2.45, 2.75) is 33.9 Å². The van der Waals surface area contributed by atoms with Crippen LogP contribution in [0.1, 0.15) is 51.9 Å². The second-order valence-corrected chi connectivity index (χ2v) is 13.1. The summed E-state index contributed by atoms with van der Waals surface area (Å²) in [5.74, 6) is 6.24. The lowest BCUT2D eigenvalue weighted by molar-refractivity contribution is 0.0751. The highest BCUT2D eigenvalue weighted by Gasteiger charge is 2.29. The summed E-state index contributed by atoms with van der Waals surface area (Å²) >= 11 is 7.61. The molecule has 222 valence electrons. The molecule has 0 atom stereocenters. The number of ketones is 1. The van der Waals surface area contributed by atoms with E-state index in [1.807, 2.05) is 75.2 Å².